The SMILES string of the molecule is CNCC(=O)Nc1cc2c(c3ccccc13)CCN2C. The second kappa shape index (κ2) is 5.13. The molecule has 0 spiro atoms. The number of amides is 1. The number of hydrogen-bond acceptors (Lipinski definition) is 3. The van der Waals surface area contributed by atoms with Crippen LogP contribution in [-0.2, 0) is 11.2 Å². The number of nitrogens with zero attached hydrogens (tertiary/aromatic N) is 1. The summed E-state index contributed by atoms with van der Waals surface area (Å²) < 4.78 is 0. The van der Waals surface area contributed by atoms with Crippen LogP contribution in [0.5, 0.6) is 0 Å². The molecular formula is C16H19N3O. The number of likely N-dealkylation sites (N-methyl/N-ethyl adjacent to an activating group) is 2. The monoisotopic (exact) mass is 269 g/mol. The first-order valence-corrected chi connectivity index (χ1v) is 6.91. The number of carbonyl (C=O) groups excluding carboxylic acids is 1. The molecule has 1 aliphatic rings. The molecule has 2 aromatic carbocycles. The number of carbonyl (C=O) groups is 1. The highest BCUT2D eigenvalue weighted by Gasteiger charge is 2.20. The van der Waals surface area contributed by atoms with Crippen LogP contribution in [-0.4, -0.2) is 33.1 Å². The van der Waals surface area contributed by atoms with E-state index in [1.54, 1.807) is 7.05 Å². The Hall–Kier alpha value is -2.07. The minimum Gasteiger partial charge on any atom is -0.374 e. The molecule has 0 atom stereocenters. The fourth-order valence-corrected chi connectivity index (χ4v) is 2.88. The zero-order valence-electron chi connectivity index (χ0n) is 11.9. The van der Waals surface area contributed by atoms with Crippen LogP contribution in [0.1, 0.15) is 5.56 Å². The van der Waals surface area contributed by atoms with Crippen LogP contribution in [0, 0.1) is 0 Å². The van der Waals surface area contributed by atoms with E-state index in [0.717, 1.165) is 24.0 Å². The van der Waals surface area contributed by atoms with Gasteiger partial charge in [-0.1, -0.05) is 24.3 Å². The third-order valence-corrected chi connectivity index (χ3v) is 3.85. The Labute approximate surface area is 118 Å². The highest BCUT2D eigenvalue weighted by Crippen LogP contribution is 2.38. The maximum absolute atomic E-state index is 11.9. The van der Waals surface area contributed by atoms with Crippen LogP contribution in [0.25, 0.3) is 10.8 Å². The fraction of sp³-hybridized carbons (Fsp3) is 0.312. The Kier molecular flexibility index (Phi) is 3.32. The lowest BCUT2D eigenvalue weighted by Gasteiger charge is -2.16. The molecule has 3 rings (SSSR count). The first kappa shape index (κ1) is 12.9. The van der Waals surface area contributed by atoms with E-state index in [1.807, 2.05) is 6.07 Å². The normalized spacial score (nSPS) is 13.6. The van der Waals surface area contributed by atoms with Gasteiger partial charge in [0.15, 0.2) is 0 Å². The van der Waals surface area contributed by atoms with E-state index in [0.29, 0.717) is 6.54 Å². The van der Waals surface area contributed by atoms with E-state index in [1.165, 1.54) is 16.6 Å². The Balaban J connectivity index is 2.12. The van der Waals surface area contributed by atoms with E-state index >= 15 is 0 Å². The van der Waals surface area contributed by atoms with Crippen molar-refractivity contribution in [3.8, 4) is 0 Å². The summed E-state index contributed by atoms with van der Waals surface area (Å²) >= 11 is 0. The van der Waals surface area contributed by atoms with Crippen molar-refractivity contribution in [2.45, 2.75) is 6.42 Å². The van der Waals surface area contributed by atoms with E-state index in [9.17, 15) is 4.79 Å². The summed E-state index contributed by atoms with van der Waals surface area (Å²) in [4.78, 5) is 14.1. The van der Waals surface area contributed by atoms with Crippen molar-refractivity contribution in [3.63, 3.8) is 0 Å². The summed E-state index contributed by atoms with van der Waals surface area (Å²) in [5, 5.41) is 8.24. The molecule has 0 saturated heterocycles. The van der Waals surface area contributed by atoms with Gasteiger partial charge in [0.25, 0.3) is 0 Å². The van der Waals surface area contributed by atoms with Crippen molar-refractivity contribution >= 4 is 28.1 Å². The van der Waals surface area contributed by atoms with Gasteiger partial charge in [0, 0.05) is 24.7 Å². The first-order chi connectivity index (χ1) is 9.70. The molecule has 1 amide bonds. The predicted molar refractivity (Wildman–Crippen MR) is 83.5 cm³/mol. The standard InChI is InChI=1S/C16H19N3O/c1-17-10-16(20)18-14-9-15-13(7-8-19(15)2)11-5-3-4-6-12(11)14/h3-6,9,17H,7-8,10H2,1-2H3,(H,18,20). The average molecular weight is 269 g/mol. The van der Waals surface area contributed by atoms with E-state index in [-0.39, 0.29) is 5.91 Å². The van der Waals surface area contributed by atoms with Crippen LogP contribution in [0.3, 0.4) is 0 Å². The lowest BCUT2D eigenvalue weighted by Crippen LogP contribution is -2.25. The number of anilines is 2. The smallest absolute Gasteiger partial charge is 0.238 e. The molecule has 0 radical (unpaired) electrons. The second-order valence-electron chi connectivity index (χ2n) is 5.22. The summed E-state index contributed by atoms with van der Waals surface area (Å²) in [5.74, 6) is -0.0155. The zero-order chi connectivity index (χ0) is 14.1. The molecule has 2 N–H and O–H groups in total. The molecule has 0 aromatic heterocycles. The fourth-order valence-electron chi connectivity index (χ4n) is 2.88. The summed E-state index contributed by atoms with van der Waals surface area (Å²) in [6, 6.07) is 10.4. The minimum atomic E-state index is -0.0155. The second-order valence-corrected chi connectivity index (χ2v) is 5.22. The van der Waals surface area contributed by atoms with Crippen molar-refractivity contribution in [1.29, 1.82) is 0 Å². The predicted octanol–water partition coefficient (Wildman–Crippen LogP) is 1.99. The third-order valence-electron chi connectivity index (χ3n) is 3.85. The Morgan fingerprint density at radius 2 is 2.05 bits per heavy atom. The van der Waals surface area contributed by atoms with Crippen molar-refractivity contribution in [2.75, 3.05) is 37.4 Å². The largest absolute Gasteiger partial charge is 0.374 e. The number of nitrogens with one attached hydrogen (secondary N) is 2. The molecule has 0 unspecified atom stereocenters. The number of rotatable bonds is 3. The summed E-state index contributed by atoms with van der Waals surface area (Å²) in [7, 11) is 3.87. The van der Waals surface area contributed by atoms with Gasteiger partial charge in [-0.05, 0) is 30.5 Å². The molecular weight excluding hydrogens is 250 g/mol. The lowest BCUT2D eigenvalue weighted by molar-refractivity contribution is -0.115. The van der Waals surface area contributed by atoms with Crippen LogP contribution in [0.4, 0.5) is 11.4 Å². The molecule has 0 saturated carbocycles. The highest BCUT2D eigenvalue weighted by atomic mass is 16.1. The van der Waals surface area contributed by atoms with Gasteiger partial charge in [0.2, 0.25) is 5.91 Å². The number of hydrogen-bond donors (Lipinski definition) is 2. The summed E-state index contributed by atoms with van der Waals surface area (Å²) in [6.45, 7) is 1.36. The van der Waals surface area contributed by atoms with Crippen LogP contribution < -0.4 is 15.5 Å². The molecule has 4 heteroatoms. The van der Waals surface area contributed by atoms with Crippen LogP contribution >= 0.6 is 0 Å². The minimum absolute atomic E-state index is 0.0155. The van der Waals surface area contributed by atoms with Crippen LogP contribution in [0.2, 0.25) is 0 Å². The maximum atomic E-state index is 11.9. The number of fused-ring (bicyclic) bond motifs is 3. The van der Waals surface area contributed by atoms with Gasteiger partial charge in [-0.15, -0.1) is 0 Å². The highest BCUT2D eigenvalue weighted by molar-refractivity contribution is 6.06. The van der Waals surface area contributed by atoms with Gasteiger partial charge in [-0.25, -0.2) is 0 Å². The van der Waals surface area contributed by atoms with Crippen molar-refractivity contribution in [2.24, 2.45) is 0 Å². The van der Waals surface area contributed by atoms with E-state index in [4.69, 9.17) is 0 Å². The molecule has 2 aromatic rings. The van der Waals surface area contributed by atoms with E-state index < -0.39 is 0 Å². The molecule has 0 bridgehead atoms. The van der Waals surface area contributed by atoms with Gasteiger partial charge in [0.1, 0.15) is 0 Å². The van der Waals surface area contributed by atoms with Gasteiger partial charge in [0.05, 0.1) is 12.2 Å². The van der Waals surface area contributed by atoms with Crippen LogP contribution in [0.15, 0.2) is 30.3 Å². The maximum Gasteiger partial charge on any atom is 0.238 e. The summed E-state index contributed by atoms with van der Waals surface area (Å²) in [6.07, 6.45) is 1.07. The molecule has 1 aliphatic heterocycles. The quantitative estimate of drug-likeness (QED) is 0.895. The summed E-state index contributed by atoms with van der Waals surface area (Å²) in [5.41, 5.74) is 3.51. The first-order valence-electron chi connectivity index (χ1n) is 6.91. The van der Waals surface area contributed by atoms with Crippen molar-refractivity contribution in [3.05, 3.63) is 35.9 Å². The molecule has 4 nitrogen and oxygen atoms in total. The van der Waals surface area contributed by atoms with Gasteiger partial charge >= 0.3 is 0 Å². The van der Waals surface area contributed by atoms with Crippen molar-refractivity contribution < 1.29 is 4.79 Å². The lowest BCUT2D eigenvalue weighted by atomic mass is 10.0. The number of benzene rings is 2. The Bertz CT molecular complexity index is 666. The zero-order valence-corrected chi connectivity index (χ0v) is 11.9. The third kappa shape index (κ3) is 2.12. The molecule has 0 aliphatic carbocycles. The Morgan fingerprint density at radius 1 is 1.30 bits per heavy atom. The molecule has 104 valence electrons. The molecule has 20 heavy (non-hydrogen) atoms. The van der Waals surface area contributed by atoms with Gasteiger partial charge < -0.3 is 15.5 Å². The van der Waals surface area contributed by atoms with Crippen molar-refractivity contribution in [1.82, 2.24) is 5.32 Å². The van der Waals surface area contributed by atoms with Gasteiger partial charge in [-0.3, -0.25) is 4.79 Å². The Morgan fingerprint density at radius 3 is 2.80 bits per heavy atom. The molecule has 0 fully saturated rings. The van der Waals surface area contributed by atoms with E-state index in [2.05, 4.69) is 46.8 Å². The topological polar surface area (TPSA) is 44.4 Å². The molecule has 1 heterocycles. The average Bonchev–Trinajstić information content (AvgIpc) is 2.81. The van der Waals surface area contributed by atoms with Gasteiger partial charge in [-0.2, -0.15) is 0 Å².